The summed E-state index contributed by atoms with van der Waals surface area (Å²) in [5, 5.41) is 0.133. The summed E-state index contributed by atoms with van der Waals surface area (Å²) in [4.78, 5) is 6.14. The topological polar surface area (TPSA) is 58.4 Å². The molecule has 0 amide bonds. The Hall–Kier alpha value is -0.920. The van der Waals surface area contributed by atoms with E-state index in [0.29, 0.717) is 6.54 Å². The van der Waals surface area contributed by atoms with Gasteiger partial charge in [-0.2, -0.15) is 4.31 Å². The molecular weight excluding hydrogens is 252 g/mol. The Morgan fingerprint density at radius 1 is 1.22 bits per heavy atom. The van der Waals surface area contributed by atoms with Gasteiger partial charge in [-0.25, -0.2) is 13.4 Å². The van der Waals surface area contributed by atoms with E-state index in [0.717, 1.165) is 6.54 Å². The van der Waals surface area contributed by atoms with Crippen LogP contribution in [-0.2, 0) is 17.1 Å². The van der Waals surface area contributed by atoms with Crippen molar-refractivity contribution >= 4 is 10.0 Å². The number of likely N-dealkylation sites (N-methyl/N-ethyl adjacent to an activating group) is 1. The van der Waals surface area contributed by atoms with E-state index in [-0.39, 0.29) is 17.1 Å². The van der Waals surface area contributed by atoms with Gasteiger partial charge in [0.2, 0.25) is 0 Å². The van der Waals surface area contributed by atoms with Gasteiger partial charge in [0.05, 0.1) is 6.33 Å². The highest BCUT2D eigenvalue weighted by Gasteiger charge is 2.37. The number of aryl methyl sites for hydroxylation is 1. The second kappa shape index (κ2) is 4.64. The highest BCUT2D eigenvalue weighted by atomic mass is 32.2. The molecule has 6 nitrogen and oxygen atoms in total. The number of piperazine rings is 1. The first-order valence-corrected chi connectivity index (χ1v) is 7.48. The second-order valence-corrected chi connectivity index (χ2v) is 6.79. The molecule has 2 rings (SSSR count). The van der Waals surface area contributed by atoms with Crippen molar-refractivity contribution in [2.45, 2.75) is 31.0 Å². The van der Waals surface area contributed by atoms with E-state index in [9.17, 15) is 8.42 Å². The van der Waals surface area contributed by atoms with Crippen LogP contribution < -0.4 is 0 Å². The number of aromatic nitrogens is 2. The average molecular weight is 272 g/mol. The molecule has 2 atom stereocenters. The molecule has 1 fully saturated rings. The zero-order chi connectivity index (χ0) is 13.5. The maximum Gasteiger partial charge on any atom is 0.262 e. The van der Waals surface area contributed by atoms with Gasteiger partial charge in [0.1, 0.15) is 0 Å². The summed E-state index contributed by atoms with van der Waals surface area (Å²) in [6, 6.07) is 0.160. The number of nitrogens with zero attached hydrogens (tertiary/aromatic N) is 4. The van der Waals surface area contributed by atoms with Crippen LogP contribution in [0.15, 0.2) is 17.6 Å². The van der Waals surface area contributed by atoms with Crippen molar-refractivity contribution in [3.05, 3.63) is 12.5 Å². The highest BCUT2D eigenvalue weighted by Crippen LogP contribution is 2.22. The van der Waals surface area contributed by atoms with Gasteiger partial charge >= 0.3 is 0 Å². The predicted molar refractivity (Wildman–Crippen MR) is 68.7 cm³/mol. The smallest absolute Gasteiger partial charge is 0.262 e. The zero-order valence-corrected chi connectivity index (χ0v) is 12.1. The van der Waals surface area contributed by atoms with E-state index in [4.69, 9.17) is 0 Å². The van der Waals surface area contributed by atoms with Gasteiger partial charge in [0, 0.05) is 38.4 Å². The van der Waals surface area contributed by atoms with Crippen LogP contribution in [0.4, 0.5) is 0 Å². The van der Waals surface area contributed by atoms with Crippen molar-refractivity contribution in [3.63, 3.8) is 0 Å². The van der Waals surface area contributed by atoms with Crippen molar-refractivity contribution in [2.24, 2.45) is 7.05 Å². The van der Waals surface area contributed by atoms with Crippen molar-refractivity contribution in [1.82, 2.24) is 18.8 Å². The quantitative estimate of drug-likeness (QED) is 0.768. The molecule has 0 bridgehead atoms. The molecule has 0 N–H and O–H groups in total. The van der Waals surface area contributed by atoms with Gasteiger partial charge < -0.3 is 9.47 Å². The normalized spacial score (nSPS) is 27.6. The summed E-state index contributed by atoms with van der Waals surface area (Å²) in [5.74, 6) is 0. The second-order valence-electron chi connectivity index (χ2n) is 4.95. The number of rotatable bonds is 2. The summed E-state index contributed by atoms with van der Waals surface area (Å²) in [6.07, 6.45) is 3.06. The average Bonchev–Trinajstić information content (AvgIpc) is 2.73. The van der Waals surface area contributed by atoms with Crippen LogP contribution in [0.2, 0.25) is 0 Å². The molecule has 0 saturated carbocycles. The van der Waals surface area contributed by atoms with Crippen LogP contribution in [0, 0.1) is 0 Å². The summed E-state index contributed by atoms with van der Waals surface area (Å²) >= 11 is 0. The Kier molecular flexibility index (Phi) is 3.48. The van der Waals surface area contributed by atoms with E-state index in [1.54, 1.807) is 22.1 Å². The van der Waals surface area contributed by atoms with Crippen molar-refractivity contribution in [1.29, 1.82) is 0 Å². The molecule has 18 heavy (non-hydrogen) atoms. The summed E-state index contributed by atoms with van der Waals surface area (Å²) in [5.41, 5.74) is 0. The molecule has 0 aromatic carbocycles. The third-order valence-electron chi connectivity index (χ3n) is 3.77. The fraction of sp³-hybridized carbons (Fsp3) is 0.727. The molecule has 1 aliphatic rings. The molecule has 1 aromatic heterocycles. The fourth-order valence-electron chi connectivity index (χ4n) is 2.25. The van der Waals surface area contributed by atoms with Gasteiger partial charge in [-0.15, -0.1) is 0 Å². The number of imidazole rings is 1. The molecule has 0 spiro atoms. The third-order valence-corrected chi connectivity index (χ3v) is 5.65. The zero-order valence-electron chi connectivity index (χ0n) is 11.2. The number of sulfonamides is 1. The molecule has 0 aliphatic carbocycles. The predicted octanol–water partition coefficient (Wildman–Crippen LogP) is 0.133. The monoisotopic (exact) mass is 272 g/mol. The molecule has 1 aromatic rings. The summed E-state index contributed by atoms with van der Waals surface area (Å²) in [6.45, 7) is 5.25. The van der Waals surface area contributed by atoms with E-state index in [1.807, 2.05) is 20.9 Å². The first-order chi connectivity index (χ1) is 8.34. The third kappa shape index (κ3) is 2.17. The van der Waals surface area contributed by atoms with Crippen LogP contribution in [0.3, 0.4) is 0 Å². The fourth-order valence-corrected chi connectivity index (χ4v) is 3.91. The van der Waals surface area contributed by atoms with Crippen LogP contribution in [0.1, 0.15) is 13.8 Å². The summed E-state index contributed by atoms with van der Waals surface area (Å²) in [7, 11) is 0.314. The van der Waals surface area contributed by atoms with E-state index < -0.39 is 10.0 Å². The van der Waals surface area contributed by atoms with Crippen LogP contribution in [-0.4, -0.2) is 59.4 Å². The lowest BCUT2D eigenvalue weighted by Crippen LogP contribution is -2.57. The lowest BCUT2D eigenvalue weighted by molar-refractivity contribution is 0.109. The SMILES string of the molecule is CC1C(C)N(S(=O)(=O)c2cn(C)cn2)CCN1C. The lowest BCUT2D eigenvalue weighted by atomic mass is 10.1. The van der Waals surface area contributed by atoms with E-state index >= 15 is 0 Å². The Morgan fingerprint density at radius 3 is 2.44 bits per heavy atom. The van der Waals surface area contributed by atoms with E-state index in [2.05, 4.69) is 9.88 Å². The standard InChI is InChI=1S/C11H20N4O2S/c1-9-10(2)15(6-5-14(9)4)18(16,17)11-7-13(3)8-12-11/h7-10H,5-6H2,1-4H3. The van der Waals surface area contributed by atoms with Crippen LogP contribution >= 0.6 is 0 Å². The summed E-state index contributed by atoms with van der Waals surface area (Å²) < 4.78 is 28.2. The van der Waals surface area contributed by atoms with Gasteiger partial charge in [0.15, 0.2) is 5.03 Å². The molecular formula is C11H20N4O2S. The Labute approximate surface area is 108 Å². The minimum absolute atomic E-state index is 0.0456. The molecule has 1 saturated heterocycles. The van der Waals surface area contributed by atoms with Crippen molar-refractivity contribution < 1.29 is 8.42 Å². The van der Waals surface area contributed by atoms with Gasteiger partial charge in [-0.05, 0) is 20.9 Å². The van der Waals surface area contributed by atoms with Crippen molar-refractivity contribution in [2.75, 3.05) is 20.1 Å². The van der Waals surface area contributed by atoms with Crippen LogP contribution in [0.5, 0.6) is 0 Å². The first-order valence-electron chi connectivity index (χ1n) is 6.04. The molecule has 7 heteroatoms. The van der Waals surface area contributed by atoms with E-state index in [1.165, 1.54) is 6.33 Å². The molecule has 0 radical (unpaired) electrons. The van der Waals surface area contributed by atoms with Gasteiger partial charge in [0.25, 0.3) is 10.0 Å². The minimum Gasteiger partial charge on any atom is -0.339 e. The van der Waals surface area contributed by atoms with Gasteiger partial charge in [-0.3, -0.25) is 0 Å². The van der Waals surface area contributed by atoms with Crippen molar-refractivity contribution in [3.8, 4) is 0 Å². The lowest BCUT2D eigenvalue weighted by Gasteiger charge is -2.42. The van der Waals surface area contributed by atoms with Crippen LogP contribution in [0.25, 0.3) is 0 Å². The number of hydrogen-bond donors (Lipinski definition) is 0. The molecule has 1 aliphatic heterocycles. The Morgan fingerprint density at radius 2 is 1.89 bits per heavy atom. The maximum atomic E-state index is 12.5. The largest absolute Gasteiger partial charge is 0.339 e. The van der Waals surface area contributed by atoms with Gasteiger partial charge in [-0.1, -0.05) is 0 Å². The minimum atomic E-state index is -3.47. The molecule has 102 valence electrons. The first kappa shape index (κ1) is 13.5. The highest BCUT2D eigenvalue weighted by molar-refractivity contribution is 7.89. The Balaban J connectivity index is 2.31. The molecule has 2 heterocycles. The number of hydrogen-bond acceptors (Lipinski definition) is 4. The molecule has 2 unspecified atom stereocenters. The maximum absolute atomic E-state index is 12.5. The Bertz CT molecular complexity index is 525.